The Kier molecular flexibility index (Phi) is 3.20. The van der Waals surface area contributed by atoms with E-state index in [1.807, 2.05) is 43.3 Å². The van der Waals surface area contributed by atoms with Crippen LogP contribution < -0.4 is 15.0 Å². The standard InChI is InChI=1S/C17H15N3O2S/c1-10-2-4-13-12(6-10)16(18)20(17(23)19-13)8-11-3-5-14-15(7-11)22-9-21-14/h2-7,18H,8-9H2,1H3,(H,19,23). The average molecular weight is 325 g/mol. The summed E-state index contributed by atoms with van der Waals surface area (Å²) in [6.07, 6.45) is 0. The Hall–Kier alpha value is -2.60. The highest BCUT2D eigenvalue weighted by Gasteiger charge is 2.13. The fraction of sp³-hybridized carbons (Fsp3) is 0.176. The van der Waals surface area contributed by atoms with Crippen molar-refractivity contribution in [3.63, 3.8) is 0 Å². The number of hydrogen-bond donors (Lipinski definition) is 2. The van der Waals surface area contributed by atoms with Crippen LogP contribution in [0.4, 0.5) is 0 Å². The van der Waals surface area contributed by atoms with Crippen molar-refractivity contribution < 1.29 is 9.47 Å². The molecule has 6 heteroatoms. The van der Waals surface area contributed by atoms with Crippen molar-refractivity contribution in [2.75, 3.05) is 6.79 Å². The topological polar surface area (TPSA) is 63.0 Å². The van der Waals surface area contributed by atoms with Crippen LogP contribution in [0.5, 0.6) is 11.5 Å². The van der Waals surface area contributed by atoms with Gasteiger partial charge in [-0.15, -0.1) is 0 Å². The van der Waals surface area contributed by atoms with E-state index in [-0.39, 0.29) is 6.79 Å². The van der Waals surface area contributed by atoms with E-state index in [2.05, 4.69) is 4.98 Å². The van der Waals surface area contributed by atoms with E-state index in [4.69, 9.17) is 27.1 Å². The third-order valence-electron chi connectivity index (χ3n) is 3.96. The summed E-state index contributed by atoms with van der Waals surface area (Å²) in [5.74, 6) is 1.49. The first-order valence-corrected chi connectivity index (χ1v) is 7.69. The van der Waals surface area contributed by atoms with Gasteiger partial charge in [-0.05, 0) is 49.0 Å². The van der Waals surface area contributed by atoms with Crippen LogP contribution in [0.25, 0.3) is 10.9 Å². The molecule has 0 atom stereocenters. The largest absolute Gasteiger partial charge is 0.454 e. The summed E-state index contributed by atoms with van der Waals surface area (Å²) in [7, 11) is 0. The van der Waals surface area contributed by atoms with E-state index in [9.17, 15) is 0 Å². The molecule has 1 aliphatic rings. The fourth-order valence-electron chi connectivity index (χ4n) is 2.77. The van der Waals surface area contributed by atoms with Crippen LogP contribution in [0, 0.1) is 17.1 Å². The molecular formula is C17H15N3O2S. The van der Waals surface area contributed by atoms with Gasteiger partial charge in [0.15, 0.2) is 16.3 Å². The minimum atomic E-state index is 0.255. The normalized spacial score (nSPS) is 12.7. The highest BCUT2D eigenvalue weighted by atomic mass is 32.1. The van der Waals surface area contributed by atoms with E-state index in [0.29, 0.717) is 16.8 Å². The Labute approximate surface area is 137 Å². The summed E-state index contributed by atoms with van der Waals surface area (Å²) in [6, 6.07) is 11.8. The number of hydrogen-bond acceptors (Lipinski definition) is 4. The SMILES string of the molecule is Cc1ccc2[nH]c(=S)n(Cc3ccc4c(c3)OCO4)c(=N)c2c1. The average Bonchev–Trinajstić information content (AvgIpc) is 3.00. The van der Waals surface area contributed by atoms with Gasteiger partial charge in [0.1, 0.15) is 5.49 Å². The number of ether oxygens (including phenoxy) is 2. The van der Waals surface area contributed by atoms with Gasteiger partial charge in [-0.25, -0.2) is 0 Å². The lowest BCUT2D eigenvalue weighted by Crippen LogP contribution is -2.23. The third-order valence-corrected chi connectivity index (χ3v) is 4.29. The van der Waals surface area contributed by atoms with Gasteiger partial charge in [-0.3, -0.25) is 9.98 Å². The van der Waals surface area contributed by atoms with Gasteiger partial charge in [0.2, 0.25) is 6.79 Å². The van der Waals surface area contributed by atoms with Gasteiger partial charge in [-0.1, -0.05) is 17.7 Å². The molecule has 3 aromatic rings. The van der Waals surface area contributed by atoms with E-state index in [1.54, 1.807) is 4.57 Å². The van der Waals surface area contributed by atoms with Gasteiger partial charge < -0.3 is 14.5 Å². The van der Waals surface area contributed by atoms with Crippen LogP contribution in [0.15, 0.2) is 36.4 Å². The number of rotatable bonds is 2. The maximum absolute atomic E-state index is 8.50. The molecule has 2 aromatic carbocycles. The molecule has 1 aromatic heterocycles. The molecule has 0 bridgehead atoms. The number of nitrogens with one attached hydrogen (secondary N) is 2. The molecule has 0 fully saturated rings. The van der Waals surface area contributed by atoms with Crippen molar-refractivity contribution in [3.05, 3.63) is 57.8 Å². The smallest absolute Gasteiger partial charge is 0.231 e. The fourth-order valence-corrected chi connectivity index (χ4v) is 3.03. The number of aryl methyl sites for hydroxylation is 1. The molecule has 116 valence electrons. The summed E-state index contributed by atoms with van der Waals surface area (Å²) in [4.78, 5) is 3.20. The second kappa shape index (κ2) is 5.24. The van der Waals surface area contributed by atoms with Crippen LogP contribution in [0.3, 0.4) is 0 Å². The van der Waals surface area contributed by atoms with E-state index >= 15 is 0 Å². The molecule has 0 amide bonds. The highest BCUT2D eigenvalue weighted by Crippen LogP contribution is 2.32. The minimum Gasteiger partial charge on any atom is -0.454 e. The van der Waals surface area contributed by atoms with Gasteiger partial charge in [-0.2, -0.15) is 0 Å². The molecule has 0 unspecified atom stereocenters. The van der Waals surface area contributed by atoms with Crippen LogP contribution in [-0.2, 0) is 6.54 Å². The van der Waals surface area contributed by atoms with E-state index < -0.39 is 0 Å². The van der Waals surface area contributed by atoms with Gasteiger partial charge in [0, 0.05) is 5.39 Å². The monoisotopic (exact) mass is 325 g/mol. The van der Waals surface area contributed by atoms with E-state index in [0.717, 1.165) is 33.5 Å². The zero-order valence-electron chi connectivity index (χ0n) is 12.6. The lowest BCUT2D eigenvalue weighted by molar-refractivity contribution is 0.174. The summed E-state index contributed by atoms with van der Waals surface area (Å²) < 4.78 is 13.1. The molecular weight excluding hydrogens is 310 g/mol. The lowest BCUT2D eigenvalue weighted by Gasteiger charge is -2.11. The van der Waals surface area contributed by atoms with Crippen molar-refractivity contribution >= 4 is 23.1 Å². The summed E-state index contributed by atoms with van der Waals surface area (Å²) >= 11 is 5.43. The number of aromatic amines is 1. The predicted molar refractivity (Wildman–Crippen MR) is 89.4 cm³/mol. The van der Waals surface area contributed by atoms with E-state index in [1.165, 1.54) is 0 Å². The molecule has 0 radical (unpaired) electrons. The van der Waals surface area contributed by atoms with Crippen molar-refractivity contribution in [1.82, 2.24) is 9.55 Å². The lowest BCUT2D eigenvalue weighted by atomic mass is 10.1. The first kappa shape index (κ1) is 14.0. The zero-order valence-corrected chi connectivity index (χ0v) is 13.4. The Morgan fingerprint density at radius 2 is 2.00 bits per heavy atom. The quantitative estimate of drug-likeness (QED) is 0.711. The molecule has 1 aliphatic heterocycles. The Morgan fingerprint density at radius 1 is 1.17 bits per heavy atom. The van der Waals surface area contributed by atoms with Crippen LogP contribution >= 0.6 is 12.2 Å². The van der Waals surface area contributed by atoms with Crippen molar-refractivity contribution in [2.24, 2.45) is 0 Å². The van der Waals surface area contributed by atoms with Crippen molar-refractivity contribution in [1.29, 1.82) is 5.41 Å². The minimum absolute atomic E-state index is 0.255. The van der Waals surface area contributed by atoms with Crippen molar-refractivity contribution in [2.45, 2.75) is 13.5 Å². The number of benzene rings is 2. The number of fused-ring (bicyclic) bond motifs is 2. The van der Waals surface area contributed by atoms with Crippen molar-refractivity contribution in [3.8, 4) is 11.5 Å². The van der Waals surface area contributed by atoms with Gasteiger partial charge in [0.05, 0.1) is 12.1 Å². The van der Waals surface area contributed by atoms with Crippen LogP contribution in [0.1, 0.15) is 11.1 Å². The Bertz CT molecular complexity index is 1040. The van der Waals surface area contributed by atoms with Gasteiger partial charge >= 0.3 is 0 Å². The molecule has 0 saturated heterocycles. The van der Waals surface area contributed by atoms with Gasteiger partial charge in [0.25, 0.3) is 0 Å². The first-order valence-electron chi connectivity index (χ1n) is 7.28. The summed E-state index contributed by atoms with van der Waals surface area (Å²) in [6.45, 7) is 2.78. The molecule has 5 nitrogen and oxygen atoms in total. The molecule has 0 spiro atoms. The maximum atomic E-state index is 8.50. The second-order valence-corrected chi connectivity index (χ2v) is 5.99. The second-order valence-electron chi connectivity index (χ2n) is 5.60. The molecule has 23 heavy (non-hydrogen) atoms. The first-order chi connectivity index (χ1) is 11.1. The summed E-state index contributed by atoms with van der Waals surface area (Å²) in [5, 5.41) is 9.36. The maximum Gasteiger partial charge on any atom is 0.231 e. The molecule has 4 rings (SSSR count). The molecule has 0 aliphatic carbocycles. The molecule has 2 heterocycles. The predicted octanol–water partition coefficient (Wildman–Crippen LogP) is 3.26. The zero-order chi connectivity index (χ0) is 16.0. The summed E-state index contributed by atoms with van der Waals surface area (Å²) in [5.41, 5.74) is 3.42. The molecule has 2 N–H and O–H groups in total. The highest BCUT2D eigenvalue weighted by molar-refractivity contribution is 7.71. The number of aromatic nitrogens is 2. The van der Waals surface area contributed by atoms with Crippen LogP contribution in [-0.4, -0.2) is 16.3 Å². The van der Waals surface area contributed by atoms with Crippen LogP contribution in [0.2, 0.25) is 0 Å². The molecule has 0 saturated carbocycles. The number of nitrogens with zero attached hydrogens (tertiary/aromatic N) is 1. The Balaban J connectivity index is 1.83. The Morgan fingerprint density at radius 3 is 2.87 bits per heavy atom. The number of H-pyrrole nitrogens is 1. The third kappa shape index (κ3) is 2.41.